The Morgan fingerprint density at radius 3 is 2.40 bits per heavy atom. The number of amides is 1. The van der Waals surface area contributed by atoms with E-state index in [1.807, 2.05) is 18.2 Å². The highest BCUT2D eigenvalue weighted by molar-refractivity contribution is 5.82. The van der Waals surface area contributed by atoms with E-state index in [0.29, 0.717) is 6.04 Å². The summed E-state index contributed by atoms with van der Waals surface area (Å²) >= 11 is 0. The van der Waals surface area contributed by atoms with Crippen molar-refractivity contribution in [3.63, 3.8) is 0 Å². The lowest BCUT2D eigenvalue weighted by Crippen LogP contribution is -3.27. The maximum Gasteiger partial charge on any atom is 0.283 e. The summed E-state index contributed by atoms with van der Waals surface area (Å²) in [6.45, 7) is 4.44. The second kappa shape index (κ2) is 5.94. The van der Waals surface area contributed by atoms with E-state index in [1.54, 1.807) is 4.90 Å². The molecule has 4 heteroatoms. The van der Waals surface area contributed by atoms with Crippen molar-refractivity contribution in [1.29, 1.82) is 0 Å². The van der Waals surface area contributed by atoms with Crippen molar-refractivity contribution >= 4 is 5.91 Å². The molecule has 1 heterocycles. The van der Waals surface area contributed by atoms with E-state index in [4.69, 9.17) is 0 Å². The third-order valence-corrected chi connectivity index (χ3v) is 4.47. The summed E-state index contributed by atoms with van der Waals surface area (Å²) in [6, 6.07) is 10.7. The summed E-state index contributed by atoms with van der Waals surface area (Å²) in [6.07, 6.45) is 2.30. The van der Waals surface area contributed by atoms with Crippen LogP contribution in [0.1, 0.15) is 24.4 Å². The number of hydrogen-bond donors (Lipinski definition) is 3. The summed E-state index contributed by atoms with van der Waals surface area (Å²) < 4.78 is 0. The highest BCUT2D eigenvalue weighted by atomic mass is 16.2. The van der Waals surface area contributed by atoms with E-state index in [0.717, 1.165) is 44.6 Å². The normalized spacial score (nSPS) is 27.9. The molecule has 1 atom stereocenters. The highest BCUT2D eigenvalue weighted by Gasteiger charge is 2.37. The molecule has 1 aromatic carbocycles. The molecule has 1 aliphatic heterocycles. The van der Waals surface area contributed by atoms with Crippen molar-refractivity contribution < 1.29 is 14.6 Å². The van der Waals surface area contributed by atoms with Gasteiger partial charge in [-0.2, -0.15) is 0 Å². The zero-order valence-electron chi connectivity index (χ0n) is 12.2. The number of hydrogen-bond acceptors (Lipinski definition) is 1. The third-order valence-electron chi connectivity index (χ3n) is 4.47. The SMILES string of the molecule is C[NH+]1CC[NH+]([C@@H](C(=O)NC2CC2)c2ccccc2)CC1. The predicted molar refractivity (Wildman–Crippen MR) is 77.7 cm³/mol. The molecule has 2 aliphatic rings. The Labute approximate surface area is 120 Å². The molecule has 20 heavy (non-hydrogen) atoms. The molecular weight excluding hydrogens is 250 g/mol. The minimum absolute atomic E-state index is 0.0371. The van der Waals surface area contributed by atoms with E-state index in [2.05, 4.69) is 24.5 Å². The first-order valence-corrected chi connectivity index (χ1v) is 7.75. The minimum Gasteiger partial charge on any atom is -0.348 e. The van der Waals surface area contributed by atoms with Gasteiger partial charge in [-0.3, -0.25) is 4.79 Å². The second-order valence-corrected chi connectivity index (χ2v) is 6.24. The number of piperazine rings is 1. The molecule has 0 aromatic heterocycles. The number of benzene rings is 1. The van der Waals surface area contributed by atoms with Crippen LogP contribution in [0.4, 0.5) is 0 Å². The lowest BCUT2D eigenvalue weighted by Gasteiger charge is -2.32. The fourth-order valence-electron chi connectivity index (χ4n) is 3.02. The lowest BCUT2D eigenvalue weighted by molar-refractivity contribution is -1.01. The number of likely N-dealkylation sites (N-methyl/N-ethyl adjacent to an activating group) is 1. The molecule has 4 nitrogen and oxygen atoms in total. The van der Waals surface area contributed by atoms with Gasteiger partial charge in [0.05, 0.1) is 7.05 Å². The molecule has 0 spiro atoms. The molecule has 108 valence electrons. The average Bonchev–Trinajstić information content (AvgIpc) is 3.26. The first-order chi connectivity index (χ1) is 9.74. The molecule has 2 fully saturated rings. The van der Waals surface area contributed by atoms with Crippen LogP contribution in [0.15, 0.2) is 30.3 Å². The molecule has 0 radical (unpaired) electrons. The van der Waals surface area contributed by atoms with Crippen LogP contribution in [-0.2, 0) is 4.79 Å². The second-order valence-electron chi connectivity index (χ2n) is 6.24. The zero-order valence-corrected chi connectivity index (χ0v) is 12.2. The molecule has 3 N–H and O–H groups in total. The van der Waals surface area contributed by atoms with Crippen LogP contribution < -0.4 is 15.1 Å². The van der Waals surface area contributed by atoms with Gasteiger partial charge in [0.1, 0.15) is 26.2 Å². The van der Waals surface area contributed by atoms with Gasteiger partial charge in [-0.05, 0) is 12.8 Å². The smallest absolute Gasteiger partial charge is 0.283 e. The standard InChI is InChI=1S/C16H23N3O/c1-18-9-11-19(12-10-18)15(13-5-3-2-4-6-13)16(20)17-14-7-8-14/h2-6,14-15H,7-12H2,1H3,(H,17,20)/p+2/t15-/m1/s1. The van der Waals surface area contributed by atoms with Gasteiger partial charge in [0.25, 0.3) is 5.91 Å². The molecule has 1 saturated carbocycles. The fraction of sp³-hybridized carbons (Fsp3) is 0.562. The summed E-state index contributed by atoms with van der Waals surface area (Å²) in [5.74, 6) is 0.216. The average molecular weight is 275 g/mol. The van der Waals surface area contributed by atoms with Gasteiger partial charge >= 0.3 is 0 Å². The number of quaternary nitrogens is 2. The van der Waals surface area contributed by atoms with Gasteiger partial charge in [-0.1, -0.05) is 30.3 Å². The van der Waals surface area contributed by atoms with Crippen molar-refractivity contribution in [2.45, 2.75) is 24.9 Å². The van der Waals surface area contributed by atoms with Gasteiger partial charge in [-0.25, -0.2) is 0 Å². The first-order valence-electron chi connectivity index (χ1n) is 7.75. The van der Waals surface area contributed by atoms with Crippen molar-refractivity contribution in [1.82, 2.24) is 5.32 Å². The van der Waals surface area contributed by atoms with Gasteiger partial charge in [-0.15, -0.1) is 0 Å². The van der Waals surface area contributed by atoms with Crippen molar-refractivity contribution in [3.05, 3.63) is 35.9 Å². The molecule has 0 bridgehead atoms. The number of rotatable bonds is 4. The largest absolute Gasteiger partial charge is 0.348 e. The van der Waals surface area contributed by atoms with Gasteiger partial charge < -0.3 is 15.1 Å². The number of carbonyl (C=O) groups is 1. The molecule has 1 saturated heterocycles. The van der Waals surface area contributed by atoms with Crippen LogP contribution >= 0.6 is 0 Å². The number of nitrogens with one attached hydrogen (secondary N) is 3. The lowest BCUT2D eigenvalue weighted by atomic mass is 10.0. The maximum atomic E-state index is 12.6. The van der Waals surface area contributed by atoms with Crippen LogP contribution in [0.3, 0.4) is 0 Å². The van der Waals surface area contributed by atoms with Crippen LogP contribution in [0.25, 0.3) is 0 Å². The molecule has 1 amide bonds. The van der Waals surface area contributed by atoms with Crippen molar-refractivity contribution in [2.75, 3.05) is 33.2 Å². The van der Waals surface area contributed by atoms with Crippen LogP contribution in [0.2, 0.25) is 0 Å². The first kappa shape index (κ1) is 13.6. The van der Waals surface area contributed by atoms with Gasteiger partial charge in [0.2, 0.25) is 0 Å². The van der Waals surface area contributed by atoms with Crippen LogP contribution in [0.5, 0.6) is 0 Å². The fourth-order valence-corrected chi connectivity index (χ4v) is 3.02. The molecule has 1 aromatic rings. The Hall–Kier alpha value is -1.39. The van der Waals surface area contributed by atoms with Crippen LogP contribution in [0, 0.1) is 0 Å². The quantitative estimate of drug-likeness (QED) is 0.610. The van der Waals surface area contributed by atoms with E-state index in [9.17, 15) is 4.79 Å². The van der Waals surface area contributed by atoms with Gasteiger partial charge in [0.15, 0.2) is 6.04 Å². The Balaban J connectivity index is 1.77. The Morgan fingerprint density at radius 1 is 1.15 bits per heavy atom. The summed E-state index contributed by atoms with van der Waals surface area (Å²) in [4.78, 5) is 15.6. The highest BCUT2D eigenvalue weighted by Crippen LogP contribution is 2.20. The summed E-state index contributed by atoms with van der Waals surface area (Å²) in [7, 11) is 2.23. The van der Waals surface area contributed by atoms with Gasteiger partial charge in [0, 0.05) is 11.6 Å². The third kappa shape index (κ3) is 3.19. The number of carbonyl (C=O) groups excluding carboxylic acids is 1. The Kier molecular flexibility index (Phi) is 4.03. The summed E-state index contributed by atoms with van der Waals surface area (Å²) in [5, 5.41) is 3.19. The van der Waals surface area contributed by atoms with Crippen LogP contribution in [-0.4, -0.2) is 45.2 Å². The van der Waals surface area contributed by atoms with E-state index >= 15 is 0 Å². The van der Waals surface area contributed by atoms with E-state index in [-0.39, 0.29) is 11.9 Å². The van der Waals surface area contributed by atoms with E-state index in [1.165, 1.54) is 4.90 Å². The molecule has 3 rings (SSSR count). The zero-order chi connectivity index (χ0) is 13.9. The topological polar surface area (TPSA) is 38.0 Å². The Bertz CT molecular complexity index is 450. The molecule has 0 unspecified atom stereocenters. The summed E-state index contributed by atoms with van der Waals surface area (Å²) in [5.41, 5.74) is 1.15. The van der Waals surface area contributed by atoms with Crippen molar-refractivity contribution in [3.8, 4) is 0 Å². The minimum atomic E-state index is -0.0371. The predicted octanol–water partition coefficient (Wildman–Crippen LogP) is -1.58. The van der Waals surface area contributed by atoms with E-state index < -0.39 is 0 Å². The van der Waals surface area contributed by atoms with Crippen molar-refractivity contribution in [2.24, 2.45) is 0 Å². The molecule has 1 aliphatic carbocycles. The monoisotopic (exact) mass is 275 g/mol. The maximum absolute atomic E-state index is 12.6. The molecular formula is C16H25N3O+2. The Morgan fingerprint density at radius 2 is 1.80 bits per heavy atom.